The Hall–Kier alpha value is -0.970. The van der Waals surface area contributed by atoms with Crippen LogP contribution in [0.3, 0.4) is 0 Å². The minimum atomic E-state index is -0.506. The molecule has 0 aromatic carbocycles. The summed E-state index contributed by atoms with van der Waals surface area (Å²) < 4.78 is 0. The van der Waals surface area contributed by atoms with Crippen molar-refractivity contribution in [1.82, 2.24) is 0 Å². The highest BCUT2D eigenvalue weighted by atomic mass is 16.3. The smallest absolute Gasteiger partial charge is 0.161 e. The van der Waals surface area contributed by atoms with Gasteiger partial charge in [0, 0.05) is 28.8 Å². The van der Waals surface area contributed by atoms with Crippen molar-refractivity contribution < 1.29 is 20.1 Å². The van der Waals surface area contributed by atoms with E-state index in [1.54, 1.807) is 6.08 Å². The average Bonchev–Trinajstić information content (AvgIpc) is 3.08. The third-order valence-corrected chi connectivity index (χ3v) is 12.5. The number of carbonyl (C=O) groups excluding carboxylic acids is 1. The van der Waals surface area contributed by atoms with E-state index in [1.807, 2.05) is 13.8 Å². The van der Waals surface area contributed by atoms with E-state index in [2.05, 4.69) is 46.8 Å². The SMILES string of the molecule is CC(C)[C@@H]1C[C@@H](O)C2[C@@]1(CO)CC[C@@]1(C)C3C(=CC[C@]21C)[C@@]1(C)C=CC(=O)C(C)(C)C1C[C@@H]3O. The van der Waals surface area contributed by atoms with Crippen molar-refractivity contribution in [3.63, 3.8) is 0 Å². The number of rotatable bonds is 2. The van der Waals surface area contributed by atoms with Crippen molar-refractivity contribution in [1.29, 1.82) is 0 Å². The minimum absolute atomic E-state index is 0.00291. The summed E-state index contributed by atoms with van der Waals surface area (Å²) in [5.74, 6) is 0.990. The van der Waals surface area contributed by atoms with Crippen molar-refractivity contribution in [3.8, 4) is 0 Å². The first kappa shape index (κ1) is 24.7. The van der Waals surface area contributed by atoms with Crippen LogP contribution < -0.4 is 0 Å². The molecular formula is C30H46O4. The van der Waals surface area contributed by atoms with E-state index in [4.69, 9.17) is 0 Å². The van der Waals surface area contributed by atoms with Crippen LogP contribution in [0.5, 0.6) is 0 Å². The van der Waals surface area contributed by atoms with Gasteiger partial charge in [-0.3, -0.25) is 4.79 Å². The van der Waals surface area contributed by atoms with Crippen LogP contribution in [-0.2, 0) is 4.79 Å². The Morgan fingerprint density at radius 2 is 1.68 bits per heavy atom. The summed E-state index contributed by atoms with van der Waals surface area (Å²) in [6.07, 6.45) is 9.44. The summed E-state index contributed by atoms with van der Waals surface area (Å²) in [7, 11) is 0. The van der Waals surface area contributed by atoms with Crippen LogP contribution in [0.15, 0.2) is 23.8 Å². The number of allylic oxidation sites excluding steroid dienone is 3. The van der Waals surface area contributed by atoms with Crippen molar-refractivity contribution in [2.45, 2.75) is 92.8 Å². The molecule has 34 heavy (non-hydrogen) atoms. The lowest BCUT2D eigenvalue weighted by molar-refractivity contribution is -0.203. The number of ketones is 1. The standard InChI is InChI=1S/C30H46O4/c1-17(2)19-14-21(33)25-29(7)11-8-18-24(28(29,6)12-13-30(19,25)16-31)20(32)15-22-26(3,4)23(34)9-10-27(18,22)5/h8-10,17,19-22,24-25,31-33H,11-16H2,1-7H3/t19-,20-,21+,22?,24?,25?,27+,28-,29+,30+/m0/s1. The molecule has 5 aliphatic rings. The lowest BCUT2D eigenvalue weighted by atomic mass is 9.35. The zero-order chi connectivity index (χ0) is 25.1. The Kier molecular flexibility index (Phi) is 5.30. The number of fused-ring (bicyclic) bond motifs is 7. The predicted octanol–water partition coefficient (Wildman–Crippen LogP) is 4.92. The number of hydrogen-bond acceptors (Lipinski definition) is 4. The summed E-state index contributed by atoms with van der Waals surface area (Å²) in [6.45, 7) is 15.7. The first-order valence-corrected chi connectivity index (χ1v) is 13.6. The second-order valence-corrected chi connectivity index (χ2v) is 14.3. The van der Waals surface area contributed by atoms with E-state index in [-0.39, 0.29) is 51.8 Å². The quantitative estimate of drug-likeness (QED) is 0.501. The molecule has 3 fully saturated rings. The van der Waals surface area contributed by atoms with Crippen LogP contribution in [0.25, 0.3) is 0 Å². The van der Waals surface area contributed by atoms with Gasteiger partial charge in [-0.15, -0.1) is 0 Å². The molecule has 4 nitrogen and oxygen atoms in total. The van der Waals surface area contributed by atoms with E-state index < -0.39 is 17.6 Å². The van der Waals surface area contributed by atoms with Crippen LogP contribution >= 0.6 is 0 Å². The van der Waals surface area contributed by atoms with Crippen LogP contribution in [0, 0.1) is 56.7 Å². The van der Waals surface area contributed by atoms with Gasteiger partial charge in [-0.1, -0.05) is 66.2 Å². The van der Waals surface area contributed by atoms with Gasteiger partial charge < -0.3 is 15.3 Å². The first-order chi connectivity index (χ1) is 15.7. The molecule has 5 rings (SSSR count). The molecule has 0 amide bonds. The molecule has 10 atom stereocenters. The molecule has 190 valence electrons. The summed E-state index contributed by atoms with van der Waals surface area (Å²) in [6, 6.07) is 0. The molecular weight excluding hydrogens is 424 g/mol. The van der Waals surface area contributed by atoms with E-state index in [0.717, 1.165) is 25.7 Å². The lowest BCUT2D eigenvalue weighted by Crippen LogP contribution is -2.66. The van der Waals surface area contributed by atoms with Crippen LogP contribution in [0.1, 0.15) is 80.6 Å². The van der Waals surface area contributed by atoms with Crippen molar-refractivity contribution in [2.75, 3.05) is 6.61 Å². The van der Waals surface area contributed by atoms with Crippen LogP contribution in [-0.4, -0.2) is 39.9 Å². The molecule has 3 N–H and O–H groups in total. The molecule has 4 heteroatoms. The molecule has 0 spiro atoms. The van der Waals surface area contributed by atoms with Gasteiger partial charge in [0.2, 0.25) is 0 Å². The molecule has 0 heterocycles. The van der Waals surface area contributed by atoms with Crippen LogP contribution in [0.4, 0.5) is 0 Å². The molecule has 0 aromatic heterocycles. The fourth-order valence-corrected chi connectivity index (χ4v) is 10.6. The predicted molar refractivity (Wildman–Crippen MR) is 134 cm³/mol. The van der Waals surface area contributed by atoms with E-state index in [1.165, 1.54) is 5.57 Å². The van der Waals surface area contributed by atoms with Crippen molar-refractivity contribution in [2.24, 2.45) is 56.7 Å². The van der Waals surface area contributed by atoms with Crippen LogP contribution in [0.2, 0.25) is 0 Å². The molecule has 0 bridgehead atoms. The highest BCUT2D eigenvalue weighted by Gasteiger charge is 2.72. The summed E-state index contributed by atoms with van der Waals surface area (Å²) >= 11 is 0. The monoisotopic (exact) mass is 470 g/mol. The molecule has 3 saturated carbocycles. The van der Waals surface area contributed by atoms with Gasteiger partial charge in [0.05, 0.1) is 12.2 Å². The maximum absolute atomic E-state index is 12.8. The minimum Gasteiger partial charge on any atom is -0.396 e. The van der Waals surface area contributed by atoms with E-state index >= 15 is 0 Å². The fraction of sp³-hybridized carbons (Fsp3) is 0.833. The highest BCUT2D eigenvalue weighted by molar-refractivity contribution is 5.96. The van der Waals surface area contributed by atoms with E-state index in [9.17, 15) is 20.1 Å². The van der Waals surface area contributed by atoms with Gasteiger partial charge in [0.1, 0.15) is 0 Å². The summed E-state index contributed by atoms with van der Waals surface area (Å²) in [4.78, 5) is 12.8. The van der Waals surface area contributed by atoms with Gasteiger partial charge in [0.15, 0.2) is 5.78 Å². The molecule has 0 saturated heterocycles. The third kappa shape index (κ3) is 2.69. The second-order valence-electron chi connectivity index (χ2n) is 14.3. The second kappa shape index (κ2) is 7.29. The molecule has 0 radical (unpaired) electrons. The van der Waals surface area contributed by atoms with Crippen molar-refractivity contribution in [3.05, 3.63) is 23.8 Å². The lowest BCUT2D eigenvalue weighted by Gasteiger charge is -2.69. The highest BCUT2D eigenvalue weighted by Crippen LogP contribution is 2.75. The number of hydrogen-bond donors (Lipinski definition) is 3. The fourth-order valence-electron chi connectivity index (χ4n) is 10.6. The third-order valence-electron chi connectivity index (χ3n) is 12.5. The molecule has 3 unspecified atom stereocenters. The van der Waals surface area contributed by atoms with Gasteiger partial charge in [-0.25, -0.2) is 0 Å². The zero-order valence-electron chi connectivity index (χ0n) is 22.3. The Labute approximate surface area is 205 Å². The van der Waals surface area contributed by atoms with Gasteiger partial charge in [-0.2, -0.15) is 0 Å². The number of aliphatic hydroxyl groups is 3. The molecule has 5 aliphatic carbocycles. The van der Waals surface area contributed by atoms with Crippen molar-refractivity contribution >= 4 is 5.78 Å². The molecule has 0 aliphatic heterocycles. The Morgan fingerprint density at radius 3 is 2.29 bits per heavy atom. The van der Waals surface area contributed by atoms with E-state index in [0.29, 0.717) is 18.3 Å². The maximum Gasteiger partial charge on any atom is 0.161 e. The normalized spacial score (nSPS) is 53.6. The Morgan fingerprint density at radius 1 is 1.00 bits per heavy atom. The summed E-state index contributed by atoms with van der Waals surface area (Å²) in [5.41, 5.74) is -0.0795. The number of aliphatic hydroxyl groups excluding tert-OH is 3. The van der Waals surface area contributed by atoms with Gasteiger partial charge in [-0.05, 0) is 72.7 Å². The topological polar surface area (TPSA) is 77.8 Å². The first-order valence-electron chi connectivity index (χ1n) is 13.6. The van der Waals surface area contributed by atoms with Gasteiger partial charge in [0.25, 0.3) is 0 Å². The number of carbonyl (C=O) groups is 1. The Bertz CT molecular complexity index is 947. The largest absolute Gasteiger partial charge is 0.396 e. The average molecular weight is 471 g/mol. The maximum atomic E-state index is 12.8. The zero-order valence-corrected chi connectivity index (χ0v) is 22.3. The summed E-state index contributed by atoms with van der Waals surface area (Å²) in [5, 5.41) is 34.1. The van der Waals surface area contributed by atoms with Gasteiger partial charge >= 0.3 is 0 Å². The molecule has 0 aromatic rings. The Balaban J connectivity index is 1.65.